The maximum atomic E-state index is 12.0. The third-order valence-corrected chi connectivity index (χ3v) is 3.91. The zero-order valence-electron chi connectivity index (χ0n) is 10.4. The van der Waals surface area contributed by atoms with E-state index < -0.39 is 0 Å². The number of thiophene rings is 1. The Morgan fingerprint density at radius 1 is 1.42 bits per heavy atom. The van der Waals surface area contributed by atoms with Gasteiger partial charge in [-0.15, -0.1) is 11.3 Å². The first kappa shape index (κ1) is 13.8. The van der Waals surface area contributed by atoms with Crippen molar-refractivity contribution in [3.63, 3.8) is 0 Å². The molecule has 0 aromatic carbocycles. The highest BCUT2D eigenvalue weighted by Crippen LogP contribution is 2.21. The van der Waals surface area contributed by atoms with Gasteiger partial charge in [0.05, 0.1) is 21.8 Å². The molecular formula is C13H14ClN3OS. The van der Waals surface area contributed by atoms with Gasteiger partial charge in [0, 0.05) is 24.7 Å². The van der Waals surface area contributed by atoms with E-state index in [9.17, 15) is 4.79 Å². The van der Waals surface area contributed by atoms with Gasteiger partial charge in [-0.25, -0.2) is 0 Å². The van der Waals surface area contributed by atoms with Crippen molar-refractivity contribution in [3.05, 3.63) is 45.4 Å². The van der Waals surface area contributed by atoms with Gasteiger partial charge in [0.1, 0.15) is 0 Å². The number of anilines is 1. The number of carbonyl (C=O) groups excluding carboxylic acids is 1. The molecule has 0 atom stereocenters. The molecular weight excluding hydrogens is 282 g/mol. The summed E-state index contributed by atoms with van der Waals surface area (Å²) in [7, 11) is 1.77. The predicted molar refractivity (Wildman–Crippen MR) is 79.1 cm³/mol. The molecule has 6 heteroatoms. The largest absolute Gasteiger partial charge is 0.386 e. The fourth-order valence-corrected chi connectivity index (χ4v) is 2.76. The number of rotatable bonds is 5. The molecule has 1 amide bonds. The summed E-state index contributed by atoms with van der Waals surface area (Å²) in [6.45, 7) is 0.584. The van der Waals surface area contributed by atoms with Crippen LogP contribution < -0.4 is 10.6 Å². The Bertz CT molecular complexity index is 571. The van der Waals surface area contributed by atoms with Crippen LogP contribution in [-0.2, 0) is 6.42 Å². The highest BCUT2D eigenvalue weighted by atomic mass is 35.5. The van der Waals surface area contributed by atoms with E-state index in [0.29, 0.717) is 12.1 Å². The lowest BCUT2D eigenvalue weighted by molar-refractivity contribution is 0.0955. The lowest BCUT2D eigenvalue weighted by atomic mass is 10.2. The molecule has 0 aliphatic heterocycles. The maximum absolute atomic E-state index is 12.0. The molecule has 2 heterocycles. The number of nitrogens with one attached hydrogen (secondary N) is 2. The standard InChI is InChI=1S/C13H14ClN3OS/c1-15-11-8-16-6-5-10(11)13(18)17-7-4-9-2-3-12(14)19-9/h2-3,5-6,8,15H,4,7H2,1H3,(H,17,18). The van der Waals surface area contributed by atoms with Gasteiger partial charge in [-0.05, 0) is 24.6 Å². The summed E-state index contributed by atoms with van der Waals surface area (Å²) in [4.78, 5) is 17.2. The van der Waals surface area contributed by atoms with Crippen LogP contribution in [0.4, 0.5) is 5.69 Å². The van der Waals surface area contributed by atoms with Gasteiger partial charge in [0.25, 0.3) is 5.91 Å². The third-order valence-electron chi connectivity index (χ3n) is 2.62. The molecule has 2 aromatic rings. The topological polar surface area (TPSA) is 54.0 Å². The van der Waals surface area contributed by atoms with E-state index in [4.69, 9.17) is 11.6 Å². The Kier molecular flexibility index (Phi) is 4.76. The number of carbonyl (C=O) groups is 1. The van der Waals surface area contributed by atoms with Crippen LogP contribution in [0.1, 0.15) is 15.2 Å². The van der Waals surface area contributed by atoms with Gasteiger partial charge >= 0.3 is 0 Å². The minimum Gasteiger partial charge on any atom is -0.386 e. The smallest absolute Gasteiger partial charge is 0.253 e. The normalized spacial score (nSPS) is 10.2. The fraction of sp³-hybridized carbons (Fsp3) is 0.231. The first-order chi connectivity index (χ1) is 9.20. The molecule has 2 aromatic heterocycles. The Labute approximate surface area is 120 Å². The van der Waals surface area contributed by atoms with Gasteiger partial charge in [0.15, 0.2) is 0 Å². The van der Waals surface area contributed by atoms with Crippen LogP contribution >= 0.6 is 22.9 Å². The molecule has 0 aliphatic carbocycles. The molecule has 0 radical (unpaired) electrons. The number of pyridine rings is 1. The number of nitrogens with zero attached hydrogens (tertiary/aromatic N) is 1. The lowest BCUT2D eigenvalue weighted by Crippen LogP contribution is -2.26. The lowest BCUT2D eigenvalue weighted by Gasteiger charge is -2.08. The van der Waals surface area contributed by atoms with Crippen molar-refractivity contribution in [3.8, 4) is 0 Å². The minimum atomic E-state index is -0.102. The molecule has 4 nitrogen and oxygen atoms in total. The van der Waals surface area contributed by atoms with Crippen LogP contribution in [0.25, 0.3) is 0 Å². The van der Waals surface area contributed by atoms with Crippen LogP contribution in [-0.4, -0.2) is 24.5 Å². The highest BCUT2D eigenvalue weighted by molar-refractivity contribution is 7.16. The number of aromatic nitrogens is 1. The quantitative estimate of drug-likeness (QED) is 0.892. The van der Waals surface area contributed by atoms with Crippen molar-refractivity contribution in [1.29, 1.82) is 0 Å². The molecule has 0 fully saturated rings. The van der Waals surface area contributed by atoms with Crippen LogP contribution in [0.3, 0.4) is 0 Å². The average molecular weight is 296 g/mol. The van der Waals surface area contributed by atoms with E-state index in [2.05, 4.69) is 15.6 Å². The van der Waals surface area contributed by atoms with Crippen LogP contribution in [0.2, 0.25) is 4.34 Å². The second kappa shape index (κ2) is 6.54. The monoisotopic (exact) mass is 295 g/mol. The molecule has 2 rings (SSSR count). The van der Waals surface area contributed by atoms with Crippen molar-refractivity contribution in [2.45, 2.75) is 6.42 Å². The summed E-state index contributed by atoms with van der Waals surface area (Å²) in [5, 5.41) is 5.84. The van der Waals surface area contributed by atoms with Gasteiger partial charge < -0.3 is 10.6 Å². The zero-order valence-corrected chi connectivity index (χ0v) is 12.0. The summed E-state index contributed by atoms with van der Waals surface area (Å²) < 4.78 is 0.771. The van der Waals surface area contributed by atoms with E-state index in [1.54, 1.807) is 25.5 Å². The van der Waals surface area contributed by atoms with Gasteiger partial charge in [-0.1, -0.05) is 11.6 Å². The number of halogens is 1. The van der Waals surface area contributed by atoms with E-state index in [1.165, 1.54) is 11.3 Å². The second-order valence-electron chi connectivity index (χ2n) is 3.88. The zero-order chi connectivity index (χ0) is 13.7. The van der Waals surface area contributed by atoms with Crippen LogP contribution in [0, 0.1) is 0 Å². The number of amides is 1. The average Bonchev–Trinajstić information content (AvgIpc) is 2.84. The third kappa shape index (κ3) is 3.68. The Hall–Kier alpha value is -1.59. The van der Waals surface area contributed by atoms with Crippen LogP contribution in [0.15, 0.2) is 30.6 Å². The predicted octanol–water partition coefficient (Wildman–Crippen LogP) is 2.81. The molecule has 2 N–H and O–H groups in total. The summed E-state index contributed by atoms with van der Waals surface area (Å²) >= 11 is 7.39. The first-order valence-electron chi connectivity index (χ1n) is 5.85. The molecule has 0 saturated carbocycles. The minimum absolute atomic E-state index is 0.102. The molecule has 0 aliphatic rings. The summed E-state index contributed by atoms with van der Waals surface area (Å²) in [6, 6.07) is 5.54. The van der Waals surface area contributed by atoms with Gasteiger partial charge in [-0.2, -0.15) is 0 Å². The van der Waals surface area contributed by atoms with Crippen molar-refractivity contribution >= 4 is 34.5 Å². The Balaban J connectivity index is 1.90. The van der Waals surface area contributed by atoms with E-state index in [-0.39, 0.29) is 5.91 Å². The Morgan fingerprint density at radius 3 is 2.95 bits per heavy atom. The molecule has 0 saturated heterocycles. The SMILES string of the molecule is CNc1cnccc1C(=O)NCCc1ccc(Cl)s1. The number of hydrogen-bond acceptors (Lipinski definition) is 4. The van der Waals surface area contributed by atoms with Crippen LogP contribution in [0.5, 0.6) is 0 Å². The highest BCUT2D eigenvalue weighted by Gasteiger charge is 2.09. The van der Waals surface area contributed by atoms with Gasteiger partial charge in [0.2, 0.25) is 0 Å². The summed E-state index contributed by atoms with van der Waals surface area (Å²) in [5.41, 5.74) is 1.32. The summed E-state index contributed by atoms with van der Waals surface area (Å²) in [6.07, 6.45) is 4.02. The molecule has 100 valence electrons. The van der Waals surface area contributed by atoms with E-state index >= 15 is 0 Å². The molecule has 0 spiro atoms. The summed E-state index contributed by atoms with van der Waals surface area (Å²) in [5.74, 6) is -0.102. The Morgan fingerprint density at radius 2 is 2.26 bits per heavy atom. The van der Waals surface area contributed by atoms with Gasteiger partial charge in [-0.3, -0.25) is 9.78 Å². The molecule has 0 unspecified atom stereocenters. The van der Waals surface area contributed by atoms with Crippen molar-refractivity contribution in [2.24, 2.45) is 0 Å². The maximum Gasteiger partial charge on any atom is 0.253 e. The van der Waals surface area contributed by atoms with E-state index in [0.717, 1.165) is 21.3 Å². The fourth-order valence-electron chi connectivity index (χ4n) is 1.67. The molecule has 19 heavy (non-hydrogen) atoms. The first-order valence-corrected chi connectivity index (χ1v) is 7.04. The number of hydrogen-bond donors (Lipinski definition) is 2. The molecule has 0 bridgehead atoms. The van der Waals surface area contributed by atoms with Crippen molar-refractivity contribution in [1.82, 2.24) is 10.3 Å². The second-order valence-corrected chi connectivity index (χ2v) is 5.68. The van der Waals surface area contributed by atoms with Crippen molar-refractivity contribution in [2.75, 3.05) is 18.9 Å². The van der Waals surface area contributed by atoms with E-state index in [1.807, 2.05) is 12.1 Å². The van der Waals surface area contributed by atoms with Crippen molar-refractivity contribution < 1.29 is 4.79 Å².